The average Bonchev–Trinajstić information content (AvgIpc) is 2.77. The Balaban J connectivity index is 1.84. The predicted octanol–water partition coefficient (Wildman–Crippen LogP) is 4.70. The fraction of sp³-hybridized carbons (Fsp3) is 0.0435. The van der Waals surface area contributed by atoms with Crippen LogP contribution in [-0.2, 0) is 16.5 Å². The number of benzene rings is 3. The van der Waals surface area contributed by atoms with Gasteiger partial charge in [0.05, 0.1) is 23.2 Å². The van der Waals surface area contributed by atoms with Gasteiger partial charge >= 0.3 is 5.56 Å². The number of nitrogens with zero attached hydrogens (tertiary/aromatic N) is 2. The maximum Gasteiger partial charge on any atom is 0.315 e. The Hall–Kier alpha value is -3.30. The predicted molar refractivity (Wildman–Crippen MR) is 123 cm³/mol. The molecule has 4 aromatic rings. The van der Waals surface area contributed by atoms with Crippen LogP contribution >= 0.6 is 15.9 Å². The van der Waals surface area contributed by atoms with Crippen molar-refractivity contribution in [2.75, 3.05) is 0 Å². The van der Waals surface area contributed by atoms with Gasteiger partial charge in [-0.3, -0.25) is 4.79 Å². The van der Waals surface area contributed by atoms with Crippen molar-refractivity contribution in [2.45, 2.75) is 5.75 Å². The monoisotopic (exact) mass is 514 g/mol. The smallest absolute Gasteiger partial charge is 0.315 e. The Labute approximate surface area is 193 Å². The Kier molecular flexibility index (Phi) is 6.48. The van der Waals surface area contributed by atoms with Crippen LogP contribution in [-0.4, -0.2) is 18.2 Å². The van der Waals surface area contributed by atoms with Crippen LogP contribution in [0, 0.1) is 5.82 Å². The third-order valence-corrected chi connectivity index (χ3v) is 5.71. The van der Waals surface area contributed by atoms with Crippen LogP contribution in [0.4, 0.5) is 4.39 Å². The molecule has 0 amide bonds. The second-order valence-corrected chi connectivity index (χ2v) is 8.73. The molecule has 162 valence electrons. The van der Waals surface area contributed by atoms with Gasteiger partial charge in [0.2, 0.25) is 5.75 Å². The first kappa shape index (κ1) is 21.9. The molecule has 9 heteroatoms. The fourth-order valence-corrected chi connectivity index (χ4v) is 3.99. The molecule has 32 heavy (non-hydrogen) atoms. The Morgan fingerprint density at radius 2 is 1.72 bits per heavy atom. The zero-order chi connectivity index (χ0) is 22.7. The molecule has 0 fully saturated rings. The first-order valence-electron chi connectivity index (χ1n) is 9.43. The van der Waals surface area contributed by atoms with E-state index in [-0.39, 0.29) is 17.3 Å². The molecule has 0 radical (unpaired) electrons. The quantitative estimate of drug-likeness (QED) is 0.377. The minimum atomic E-state index is -2.55. The summed E-state index contributed by atoms with van der Waals surface area (Å²) < 4.78 is 43.2. The van der Waals surface area contributed by atoms with Crippen molar-refractivity contribution in [2.24, 2.45) is 0 Å². The molecule has 6 nitrogen and oxygen atoms in total. The second kappa shape index (κ2) is 9.46. The molecule has 0 unspecified atom stereocenters. The molecule has 4 rings (SSSR count). The van der Waals surface area contributed by atoms with E-state index in [1.54, 1.807) is 42.5 Å². The van der Waals surface area contributed by atoms with Crippen LogP contribution in [0.5, 0.6) is 11.5 Å². The van der Waals surface area contributed by atoms with Crippen molar-refractivity contribution >= 4 is 26.6 Å². The Bertz CT molecular complexity index is 1390. The van der Waals surface area contributed by atoms with Crippen LogP contribution in [0.1, 0.15) is 5.56 Å². The van der Waals surface area contributed by atoms with Crippen molar-refractivity contribution in [3.05, 3.63) is 105 Å². The van der Waals surface area contributed by atoms with Gasteiger partial charge in [0.25, 0.3) is 0 Å². The topological polar surface area (TPSA) is 78.3 Å². The van der Waals surface area contributed by atoms with Crippen molar-refractivity contribution in [3.8, 4) is 28.3 Å². The molecule has 0 spiro atoms. The maximum atomic E-state index is 13.4. The molecule has 0 aliphatic heterocycles. The number of hydrogen-bond acceptors (Lipinski definition) is 5. The van der Waals surface area contributed by atoms with Gasteiger partial charge in [-0.1, -0.05) is 46.3 Å². The number of aromatic nitrogens is 2. The zero-order valence-corrected chi connectivity index (χ0v) is 18.9. The summed E-state index contributed by atoms with van der Waals surface area (Å²) in [5.41, 5.74) is 1.70. The molecule has 1 heterocycles. The maximum absolute atomic E-state index is 13.4. The van der Waals surface area contributed by atoms with Crippen LogP contribution in [0.25, 0.3) is 16.8 Å². The highest BCUT2D eigenvalue weighted by molar-refractivity contribution is 9.10. The zero-order valence-electron chi connectivity index (χ0n) is 16.4. The molecule has 0 aliphatic rings. The second-order valence-electron chi connectivity index (χ2n) is 6.83. The lowest BCUT2D eigenvalue weighted by Crippen LogP contribution is -2.22. The van der Waals surface area contributed by atoms with Gasteiger partial charge in [0, 0.05) is 4.47 Å². The standard InChI is InChI=1S/C23H16BrFN2O4S/c24-17-2-1-3-19(12-17)27-23(28)22(31-20-10-8-18(25)9-11-20)21(13-26-27)16-6-4-15(5-7-16)14-32(29)30/h1-13,32H,14H2. The van der Waals surface area contributed by atoms with Crippen molar-refractivity contribution in [1.82, 2.24) is 9.78 Å². The first-order valence-corrected chi connectivity index (χ1v) is 11.6. The van der Waals surface area contributed by atoms with E-state index in [2.05, 4.69) is 21.0 Å². The summed E-state index contributed by atoms with van der Waals surface area (Å²) >= 11 is 3.38. The fourth-order valence-electron chi connectivity index (χ4n) is 3.09. The summed E-state index contributed by atoms with van der Waals surface area (Å²) in [5.74, 6) is -0.200. The lowest BCUT2D eigenvalue weighted by Gasteiger charge is -2.14. The highest BCUT2D eigenvalue weighted by atomic mass is 79.9. The Morgan fingerprint density at radius 1 is 1.00 bits per heavy atom. The summed E-state index contributed by atoms with van der Waals surface area (Å²) in [5, 5.41) is 4.30. The normalized spacial score (nSPS) is 11.0. The van der Waals surface area contributed by atoms with Crippen LogP contribution in [0.3, 0.4) is 0 Å². The SMILES string of the molecule is O=c1c(Oc2ccc(F)cc2)c(-c2ccc(C[SH](=O)=O)cc2)cnn1-c1cccc(Br)c1. The first-order chi connectivity index (χ1) is 15.4. The van der Waals surface area contributed by atoms with Crippen LogP contribution < -0.4 is 10.3 Å². The third kappa shape index (κ3) is 4.95. The van der Waals surface area contributed by atoms with Gasteiger partial charge < -0.3 is 4.74 Å². The molecular weight excluding hydrogens is 499 g/mol. The molecule has 0 bridgehead atoms. The highest BCUT2D eigenvalue weighted by Crippen LogP contribution is 2.31. The van der Waals surface area contributed by atoms with Gasteiger partial charge in [0.15, 0.2) is 0 Å². The van der Waals surface area contributed by atoms with E-state index >= 15 is 0 Å². The average molecular weight is 515 g/mol. The number of thiol groups is 1. The van der Waals surface area contributed by atoms with E-state index in [0.29, 0.717) is 22.4 Å². The van der Waals surface area contributed by atoms with Gasteiger partial charge in [-0.15, -0.1) is 0 Å². The molecule has 3 aromatic carbocycles. The number of rotatable bonds is 6. The molecule has 0 atom stereocenters. The van der Waals surface area contributed by atoms with E-state index in [9.17, 15) is 17.6 Å². The minimum Gasteiger partial charge on any atom is -0.451 e. The molecule has 0 aliphatic carbocycles. The lowest BCUT2D eigenvalue weighted by atomic mass is 10.1. The minimum absolute atomic E-state index is 0.00855. The molecule has 0 saturated heterocycles. The number of ether oxygens (including phenoxy) is 1. The number of halogens is 2. The van der Waals surface area contributed by atoms with Crippen molar-refractivity contribution < 1.29 is 17.5 Å². The highest BCUT2D eigenvalue weighted by Gasteiger charge is 2.17. The Morgan fingerprint density at radius 3 is 2.38 bits per heavy atom. The summed E-state index contributed by atoms with van der Waals surface area (Å²) in [4.78, 5) is 13.4. The van der Waals surface area contributed by atoms with E-state index in [1.165, 1.54) is 35.1 Å². The summed E-state index contributed by atoms with van der Waals surface area (Å²) in [6.07, 6.45) is 1.50. The summed E-state index contributed by atoms with van der Waals surface area (Å²) in [6, 6.07) is 19.2. The molecule has 1 aromatic heterocycles. The third-order valence-electron chi connectivity index (χ3n) is 4.60. The van der Waals surface area contributed by atoms with Crippen LogP contribution in [0.15, 0.2) is 88.3 Å². The molecular formula is C23H16BrFN2O4S. The van der Waals surface area contributed by atoms with Gasteiger partial charge in [-0.05, 0) is 53.6 Å². The van der Waals surface area contributed by atoms with E-state index in [4.69, 9.17) is 4.74 Å². The van der Waals surface area contributed by atoms with E-state index in [0.717, 1.165) is 4.47 Å². The summed E-state index contributed by atoms with van der Waals surface area (Å²) in [6.45, 7) is 0. The van der Waals surface area contributed by atoms with Crippen LogP contribution in [0.2, 0.25) is 0 Å². The van der Waals surface area contributed by atoms with Crippen molar-refractivity contribution in [1.29, 1.82) is 0 Å². The van der Waals surface area contributed by atoms with Gasteiger partial charge in [0.1, 0.15) is 22.3 Å². The number of hydrogen-bond donors (Lipinski definition) is 1. The largest absolute Gasteiger partial charge is 0.451 e. The lowest BCUT2D eigenvalue weighted by molar-refractivity contribution is 0.468. The van der Waals surface area contributed by atoms with Crippen molar-refractivity contribution in [3.63, 3.8) is 0 Å². The van der Waals surface area contributed by atoms with Gasteiger partial charge in [-0.2, -0.15) is 9.78 Å². The molecule has 0 saturated carbocycles. The molecule has 0 N–H and O–H groups in total. The van der Waals surface area contributed by atoms with Gasteiger partial charge in [-0.25, -0.2) is 12.8 Å². The van der Waals surface area contributed by atoms with E-state index < -0.39 is 22.1 Å². The van der Waals surface area contributed by atoms with E-state index in [1.807, 2.05) is 6.07 Å². The summed E-state index contributed by atoms with van der Waals surface area (Å²) in [7, 11) is -2.55.